The predicted octanol–water partition coefficient (Wildman–Crippen LogP) is 3.01. The first kappa shape index (κ1) is 15.4. The van der Waals surface area contributed by atoms with Crippen LogP contribution >= 0.6 is 0 Å². The molecule has 114 valence electrons. The molecule has 0 heterocycles. The van der Waals surface area contributed by atoms with Gasteiger partial charge in [0.1, 0.15) is 28.6 Å². The molecule has 0 radical (unpaired) electrons. The summed E-state index contributed by atoms with van der Waals surface area (Å²) in [6.07, 6.45) is 2.85. The third-order valence-corrected chi connectivity index (χ3v) is 3.05. The van der Waals surface area contributed by atoms with Gasteiger partial charge < -0.3 is 19.7 Å². The third kappa shape index (κ3) is 3.38. The molecule has 5 nitrogen and oxygen atoms in total. The molecule has 0 aliphatic heterocycles. The highest BCUT2D eigenvalue weighted by atomic mass is 16.5. The van der Waals surface area contributed by atoms with Crippen LogP contribution in [0.5, 0.6) is 23.0 Å². The quantitative estimate of drug-likeness (QED) is 0.655. The van der Waals surface area contributed by atoms with Gasteiger partial charge in [-0.05, 0) is 23.8 Å². The summed E-state index contributed by atoms with van der Waals surface area (Å²) in [5, 5.41) is 19.4. The topological polar surface area (TPSA) is 76.0 Å². The van der Waals surface area contributed by atoms with Crippen LogP contribution in [0.2, 0.25) is 0 Å². The average Bonchev–Trinajstić information content (AvgIpc) is 2.51. The lowest BCUT2D eigenvalue weighted by atomic mass is 10.1. The van der Waals surface area contributed by atoms with Crippen molar-refractivity contribution in [2.45, 2.75) is 0 Å². The molecule has 0 fully saturated rings. The Morgan fingerprint density at radius 2 is 1.86 bits per heavy atom. The van der Waals surface area contributed by atoms with Crippen LogP contribution in [0.1, 0.15) is 15.9 Å². The lowest BCUT2D eigenvalue weighted by Gasteiger charge is -2.10. The van der Waals surface area contributed by atoms with E-state index in [9.17, 15) is 15.0 Å². The van der Waals surface area contributed by atoms with Crippen LogP contribution in [-0.4, -0.2) is 30.2 Å². The lowest BCUT2D eigenvalue weighted by molar-refractivity contribution is 0.104. The first-order chi connectivity index (χ1) is 10.5. The molecular formula is C17H16O5. The zero-order chi connectivity index (χ0) is 16.1. The molecule has 2 aromatic rings. The Morgan fingerprint density at radius 1 is 1.09 bits per heavy atom. The fraction of sp³-hybridized carbons (Fsp3) is 0.118. The Balaban J connectivity index is 2.33. The second-order valence-electron chi connectivity index (χ2n) is 4.52. The van der Waals surface area contributed by atoms with Crippen molar-refractivity contribution in [1.82, 2.24) is 0 Å². The molecule has 2 aromatic carbocycles. The molecule has 0 aliphatic carbocycles. The van der Waals surface area contributed by atoms with E-state index in [1.807, 2.05) is 0 Å². The van der Waals surface area contributed by atoms with Crippen molar-refractivity contribution in [1.29, 1.82) is 0 Å². The maximum absolute atomic E-state index is 12.3. The smallest absolute Gasteiger partial charge is 0.193 e. The van der Waals surface area contributed by atoms with E-state index in [0.29, 0.717) is 11.3 Å². The number of aromatic hydroxyl groups is 2. The third-order valence-electron chi connectivity index (χ3n) is 3.05. The van der Waals surface area contributed by atoms with Crippen molar-refractivity contribution >= 4 is 11.9 Å². The Kier molecular flexibility index (Phi) is 4.68. The van der Waals surface area contributed by atoms with Crippen LogP contribution in [0.15, 0.2) is 42.5 Å². The number of methoxy groups -OCH3 is 2. The highest BCUT2D eigenvalue weighted by Gasteiger charge is 2.17. The number of phenolic OH excluding ortho intramolecular Hbond substituents is 2. The Labute approximate surface area is 128 Å². The fourth-order valence-corrected chi connectivity index (χ4v) is 1.99. The van der Waals surface area contributed by atoms with Gasteiger partial charge in [0.15, 0.2) is 5.78 Å². The summed E-state index contributed by atoms with van der Waals surface area (Å²) in [6, 6.07) is 9.35. The van der Waals surface area contributed by atoms with Gasteiger partial charge in [-0.25, -0.2) is 0 Å². The summed E-state index contributed by atoms with van der Waals surface area (Å²) in [5.41, 5.74) is 0.722. The Morgan fingerprint density at radius 3 is 2.50 bits per heavy atom. The van der Waals surface area contributed by atoms with Crippen molar-refractivity contribution in [2.75, 3.05) is 14.2 Å². The summed E-state index contributed by atoms with van der Waals surface area (Å²) in [4.78, 5) is 12.3. The maximum atomic E-state index is 12.3. The van der Waals surface area contributed by atoms with Gasteiger partial charge in [-0.1, -0.05) is 18.2 Å². The fourth-order valence-electron chi connectivity index (χ4n) is 1.99. The van der Waals surface area contributed by atoms with Gasteiger partial charge in [0.05, 0.1) is 14.2 Å². The number of hydrogen-bond acceptors (Lipinski definition) is 5. The molecule has 0 bridgehead atoms. The largest absolute Gasteiger partial charge is 0.508 e. The minimum Gasteiger partial charge on any atom is -0.508 e. The number of phenols is 2. The number of ether oxygens (including phenoxy) is 2. The second kappa shape index (κ2) is 6.67. The van der Waals surface area contributed by atoms with Gasteiger partial charge >= 0.3 is 0 Å². The normalized spacial score (nSPS) is 10.6. The summed E-state index contributed by atoms with van der Waals surface area (Å²) in [7, 11) is 2.86. The highest BCUT2D eigenvalue weighted by Crippen LogP contribution is 2.33. The number of benzene rings is 2. The van der Waals surface area contributed by atoms with Gasteiger partial charge in [0.25, 0.3) is 0 Å². The number of allylic oxidation sites excluding steroid dienone is 1. The van der Waals surface area contributed by atoms with E-state index < -0.39 is 5.78 Å². The van der Waals surface area contributed by atoms with Crippen LogP contribution < -0.4 is 9.47 Å². The molecular weight excluding hydrogens is 284 g/mol. The highest BCUT2D eigenvalue weighted by molar-refractivity contribution is 6.10. The molecule has 22 heavy (non-hydrogen) atoms. The van der Waals surface area contributed by atoms with Crippen LogP contribution in [-0.2, 0) is 0 Å². The molecule has 0 saturated heterocycles. The molecule has 0 aromatic heterocycles. The maximum Gasteiger partial charge on any atom is 0.193 e. The minimum absolute atomic E-state index is 0.0553. The summed E-state index contributed by atoms with van der Waals surface area (Å²) in [6.45, 7) is 0. The van der Waals surface area contributed by atoms with Crippen molar-refractivity contribution in [3.63, 3.8) is 0 Å². The lowest BCUT2D eigenvalue weighted by Crippen LogP contribution is -2.00. The summed E-state index contributed by atoms with van der Waals surface area (Å²) < 4.78 is 10.1. The number of carbonyl (C=O) groups is 1. The summed E-state index contributed by atoms with van der Waals surface area (Å²) >= 11 is 0. The molecule has 0 aliphatic rings. The van der Waals surface area contributed by atoms with E-state index in [1.165, 1.54) is 44.6 Å². The van der Waals surface area contributed by atoms with Crippen molar-refractivity contribution in [2.24, 2.45) is 0 Å². The number of carbonyl (C=O) groups excluding carboxylic acids is 1. The molecule has 5 heteroatoms. The molecule has 0 amide bonds. The standard InChI is InChI=1S/C17H16O5/c1-21-13-9-15(20)17(16(10-13)22-2)14(19)7-6-11-4-3-5-12(18)8-11/h3-10,18,20H,1-2H3/b7-6+. The van der Waals surface area contributed by atoms with Gasteiger partial charge in [-0.2, -0.15) is 0 Å². The second-order valence-corrected chi connectivity index (χ2v) is 4.52. The number of rotatable bonds is 5. The van der Waals surface area contributed by atoms with Crippen molar-refractivity contribution in [3.8, 4) is 23.0 Å². The van der Waals surface area contributed by atoms with E-state index in [0.717, 1.165) is 0 Å². The van der Waals surface area contributed by atoms with E-state index >= 15 is 0 Å². The molecule has 0 spiro atoms. The zero-order valence-corrected chi connectivity index (χ0v) is 12.2. The average molecular weight is 300 g/mol. The van der Waals surface area contributed by atoms with Crippen molar-refractivity contribution in [3.05, 3.63) is 53.6 Å². The molecule has 0 unspecified atom stereocenters. The van der Waals surface area contributed by atoms with Gasteiger partial charge in [-0.3, -0.25) is 4.79 Å². The van der Waals surface area contributed by atoms with E-state index in [-0.39, 0.29) is 22.8 Å². The van der Waals surface area contributed by atoms with Gasteiger partial charge in [0, 0.05) is 12.1 Å². The van der Waals surface area contributed by atoms with Gasteiger partial charge in [0.2, 0.25) is 0 Å². The van der Waals surface area contributed by atoms with Crippen molar-refractivity contribution < 1.29 is 24.5 Å². The summed E-state index contributed by atoms with van der Waals surface area (Å²) in [5.74, 6) is 0.0897. The van der Waals surface area contributed by atoms with Crippen LogP contribution in [0, 0.1) is 0 Å². The predicted molar refractivity (Wildman–Crippen MR) is 82.7 cm³/mol. The monoisotopic (exact) mass is 300 g/mol. The van der Waals surface area contributed by atoms with E-state index in [4.69, 9.17) is 9.47 Å². The first-order valence-corrected chi connectivity index (χ1v) is 6.51. The first-order valence-electron chi connectivity index (χ1n) is 6.51. The minimum atomic E-state index is -0.416. The SMILES string of the molecule is COc1cc(O)c(C(=O)/C=C/c2cccc(O)c2)c(OC)c1. The molecule has 2 N–H and O–H groups in total. The Bertz CT molecular complexity index is 719. The van der Waals surface area contributed by atoms with Crippen LogP contribution in [0.4, 0.5) is 0 Å². The Hall–Kier alpha value is -2.95. The van der Waals surface area contributed by atoms with Crippen LogP contribution in [0.3, 0.4) is 0 Å². The molecule has 2 rings (SSSR count). The van der Waals surface area contributed by atoms with Gasteiger partial charge in [-0.15, -0.1) is 0 Å². The van der Waals surface area contributed by atoms with E-state index in [2.05, 4.69) is 0 Å². The number of hydrogen-bond donors (Lipinski definition) is 2. The molecule has 0 atom stereocenters. The number of ketones is 1. The zero-order valence-electron chi connectivity index (χ0n) is 12.2. The molecule has 0 saturated carbocycles. The van der Waals surface area contributed by atoms with E-state index in [1.54, 1.807) is 18.2 Å². The van der Waals surface area contributed by atoms with Crippen LogP contribution in [0.25, 0.3) is 6.08 Å².